The summed E-state index contributed by atoms with van der Waals surface area (Å²) in [6, 6.07) is 6.60. The molecular weight excluding hydrogens is 344 g/mol. The van der Waals surface area contributed by atoms with Crippen LogP contribution in [0, 0.1) is 0 Å². The number of hydrogen-bond donors (Lipinski definition) is 0. The van der Waals surface area contributed by atoms with Crippen LogP contribution in [0.3, 0.4) is 0 Å². The van der Waals surface area contributed by atoms with Crippen molar-refractivity contribution in [1.82, 2.24) is 0 Å². The highest BCUT2D eigenvalue weighted by atomic mass is 79.9. The standard InChI is InChI=1S/C14H13BrO6/c1-9(20-13(17)8-7-12(16)19-2)14(18)21-11-5-3-10(15)4-6-11/h3-9H,1-2H3/b8-7-. The minimum Gasteiger partial charge on any atom is -0.466 e. The van der Waals surface area contributed by atoms with E-state index in [4.69, 9.17) is 9.47 Å². The molecule has 0 amide bonds. The summed E-state index contributed by atoms with van der Waals surface area (Å²) < 4.78 is 15.0. The maximum Gasteiger partial charge on any atom is 0.352 e. The Morgan fingerprint density at radius 2 is 1.67 bits per heavy atom. The lowest BCUT2D eigenvalue weighted by Gasteiger charge is -2.11. The third-order valence-electron chi connectivity index (χ3n) is 2.21. The largest absolute Gasteiger partial charge is 0.466 e. The van der Waals surface area contributed by atoms with Gasteiger partial charge in [-0.05, 0) is 31.2 Å². The van der Waals surface area contributed by atoms with E-state index in [2.05, 4.69) is 20.7 Å². The van der Waals surface area contributed by atoms with E-state index in [1.165, 1.54) is 14.0 Å². The van der Waals surface area contributed by atoms with Crippen LogP contribution in [0.25, 0.3) is 0 Å². The lowest BCUT2D eigenvalue weighted by Crippen LogP contribution is -2.27. The Hall–Kier alpha value is -2.15. The lowest BCUT2D eigenvalue weighted by molar-refractivity contribution is -0.157. The SMILES string of the molecule is COC(=O)/C=C\C(=O)OC(C)C(=O)Oc1ccc(Br)cc1. The number of carbonyl (C=O) groups excluding carboxylic acids is 3. The van der Waals surface area contributed by atoms with Crippen molar-refractivity contribution in [2.45, 2.75) is 13.0 Å². The number of carbonyl (C=O) groups is 3. The molecule has 0 saturated carbocycles. The van der Waals surface area contributed by atoms with Gasteiger partial charge in [0.2, 0.25) is 0 Å². The van der Waals surface area contributed by atoms with Crippen LogP contribution in [0.2, 0.25) is 0 Å². The molecule has 0 N–H and O–H groups in total. The van der Waals surface area contributed by atoms with Crippen molar-refractivity contribution in [3.05, 3.63) is 40.9 Å². The van der Waals surface area contributed by atoms with Gasteiger partial charge in [-0.15, -0.1) is 0 Å². The lowest BCUT2D eigenvalue weighted by atomic mass is 10.3. The van der Waals surface area contributed by atoms with Crippen molar-refractivity contribution < 1.29 is 28.6 Å². The first-order valence-electron chi connectivity index (χ1n) is 5.86. The van der Waals surface area contributed by atoms with E-state index in [0.717, 1.165) is 16.6 Å². The van der Waals surface area contributed by atoms with Crippen LogP contribution in [0.4, 0.5) is 0 Å². The van der Waals surface area contributed by atoms with Crippen LogP contribution in [-0.4, -0.2) is 31.1 Å². The van der Waals surface area contributed by atoms with Crippen molar-refractivity contribution in [3.63, 3.8) is 0 Å². The summed E-state index contributed by atoms with van der Waals surface area (Å²) in [6.45, 7) is 1.37. The second-order valence-corrected chi connectivity index (χ2v) is 4.73. The van der Waals surface area contributed by atoms with Crippen LogP contribution in [-0.2, 0) is 23.9 Å². The maximum absolute atomic E-state index is 11.7. The quantitative estimate of drug-likeness (QED) is 0.456. The zero-order chi connectivity index (χ0) is 15.8. The Labute approximate surface area is 129 Å². The molecule has 112 valence electrons. The molecule has 7 heteroatoms. The van der Waals surface area contributed by atoms with Crippen molar-refractivity contribution in [2.24, 2.45) is 0 Å². The molecule has 0 spiro atoms. The molecule has 1 aromatic rings. The fourth-order valence-corrected chi connectivity index (χ4v) is 1.43. The summed E-state index contributed by atoms with van der Waals surface area (Å²) in [7, 11) is 1.18. The van der Waals surface area contributed by atoms with Crippen LogP contribution in [0.5, 0.6) is 5.75 Å². The highest BCUT2D eigenvalue weighted by molar-refractivity contribution is 9.10. The summed E-state index contributed by atoms with van der Waals surface area (Å²) >= 11 is 3.25. The van der Waals surface area contributed by atoms with E-state index in [1.54, 1.807) is 24.3 Å². The topological polar surface area (TPSA) is 78.9 Å². The van der Waals surface area contributed by atoms with Crippen LogP contribution in [0.1, 0.15) is 6.92 Å². The second-order valence-electron chi connectivity index (χ2n) is 3.81. The third kappa shape index (κ3) is 6.22. The average Bonchev–Trinajstić information content (AvgIpc) is 2.46. The monoisotopic (exact) mass is 356 g/mol. The predicted molar refractivity (Wildman–Crippen MR) is 76.5 cm³/mol. The molecule has 1 unspecified atom stereocenters. The van der Waals surface area contributed by atoms with Gasteiger partial charge in [-0.25, -0.2) is 14.4 Å². The highest BCUT2D eigenvalue weighted by Gasteiger charge is 2.19. The molecule has 0 bridgehead atoms. The van der Waals surface area contributed by atoms with Crippen LogP contribution < -0.4 is 4.74 Å². The first-order valence-corrected chi connectivity index (χ1v) is 6.65. The number of esters is 3. The molecule has 6 nitrogen and oxygen atoms in total. The first kappa shape index (κ1) is 16.9. The van der Waals surface area contributed by atoms with E-state index in [0.29, 0.717) is 5.75 Å². The van der Waals surface area contributed by atoms with Crippen molar-refractivity contribution >= 4 is 33.8 Å². The molecule has 0 aromatic heterocycles. The van der Waals surface area contributed by atoms with Gasteiger partial charge in [0.05, 0.1) is 7.11 Å². The maximum atomic E-state index is 11.7. The molecule has 0 heterocycles. The minimum absolute atomic E-state index is 0.330. The summed E-state index contributed by atoms with van der Waals surface area (Å²) in [5, 5.41) is 0. The Morgan fingerprint density at radius 3 is 2.24 bits per heavy atom. The van der Waals surface area contributed by atoms with Gasteiger partial charge in [0.15, 0.2) is 6.10 Å². The fraction of sp³-hybridized carbons (Fsp3) is 0.214. The minimum atomic E-state index is -1.11. The number of benzene rings is 1. The van der Waals surface area contributed by atoms with Gasteiger partial charge in [-0.2, -0.15) is 0 Å². The highest BCUT2D eigenvalue weighted by Crippen LogP contribution is 2.16. The Balaban J connectivity index is 2.51. The van der Waals surface area contributed by atoms with Gasteiger partial charge in [0.1, 0.15) is 5.75 Å². The molecule has 0 aliphatic carbocycles. The van der Waals surface area contributed by atoms with Gasteiger partial charge >= 0.3 is 17.9 Å². The zero-order valence-corrected chi connectivity index (χ0v) is 13.0. The van der Waals surface area contributed by atoms with Crippen molar-refractivity contribution in [1.29, 1.82) is 0 Å². The molecule has 21 heavy (non-hydrogen) atoms. The van der Waals surface area contributed by atoms with Crippen LogP contribution in [0.15, 0.2) is 40.9 Å². The number of rotatable bonds is 5. The van der Waals surface area contributed by atoms with Gasteiger partial charge < -0.3 is 14.2 Å². The average molecular weight is 357 g/mol. The van der Waals surface area contributed by atoms with E-state index < -0.39 is 24.0 Å². The summed E-state index contributed by atoms with van der Waals surface area (Å²) in [5.41, 5.74) is 0. The Morgan fingerprint density at radius 1 is 1.10 bits per heavy atom. The van der Waals surface area contributed by atoms with Crippen LogP contribution >= 0.6 is 15.9 Å². The third-order valence-corrected chi connectivity index (χ3v) is 2.74. The number of ether oxygens (including phenoxy) is 3. The van der Waals surface area contributed by atoms with Gasteiger partial charge in [-0.1, -0.05) is 15.9 Å². The van der Waals surface area contributed by atoms with Crippen molar-refractivity contribution in [2.75, 3.05) is 7.11 Å². The predicted octanol–water partition coefficient (Wildman–Crippen LogP) is 2.02. The number of hydrogen-bond acceptors (Lipinski definition) is 6. The molecule has 0 aliphatic rings. The number of halogens is 1. The molecule has 0 saturated heterocycles. The molecule has 0 radical (unpaired) electrons. The number of methoxy groups -OCH3 is 1. The summed E-state index contributed by atoms with van der Waals surface area (Å²) in [4.78, 5) is 33.8. The van der Waals surface area contributed by atoms with E-state index in [1.807, 2.05) is 0 Å². The Bertz CT molecular complexity index is 549. The molecule has 0 fully saturated rings. The van der Waals surface area contributed by atoms with Crippen molar-refractivity contribution in [3.8, 4) is 5.75 Å². The Kier molecular flexibility index (Phi) is 6.61. The molecule has 0 aliphatic heterocycles. The normalized spacial score (nSPS) is 11.8. The first-order chi connectivity index (χ1) is 9.92. The van der Waals surface area contributed by atoms with E-state index >= 15 is 0 Å². The zero-order valence-electron chi connectivity index (χ0n) is 11.4. The van der Waals surface area contributed by atoms with Gasteiger partial charge in [0.25, 0.3) is 0 Å². The van der Waals surface area contributed by atoms with E-state index in [-0.39, 0.29) is 0 Å². The fourth-order valence-electron chi connectivity index (χ4n) is 1.17. The summed E-state index contributed by atoms with van der Waals surface area (Å²) in [6.07, 6.45) is 0.660. The molecule has 1 atom stereocenters. The smallest absolute Gasteiger partial charge is 0.352 e. The molecular formula is C14H13BrO6. The second kappa shape index (κ2) is 8.21. The molecule has 1 rings (SSSR count). The van der Waals surface area contributed by atoms with E-state index in [9.17, 15) is 14.4 Å². The van der Waals surface area contributed by atoms with Gasteiger partial charge in [-0.3, -0.25) is 0 Å². The van der Waals surface area contributed by atoms with Gasteiger partial charge in [0, 0.05) is 16.6 Å². The summed E-state index contributed by atoms with van der Waals surface area (Å²) in [5.74, 6) is -1.94. The molecule has 1 aromatic carbocycles.